The van der Waals surface area contributed by atoms with Gasteiger partial charge in [-0.05, 0) is 31.4 Å². The minimum absolute atomic E-state index is 0.371. The zero-order chi connectivity index (χ0) is 14.4. The van der Waals surface area contributed by atoms with Crippen molar-refractivity contribution in [1.82, 2.24) is 15.2 Å². The molecule has 0 aliphatic heterocycles. The Kier molecular flexibility index (Phi) is 4.87. The summed E-state index contributed by atoms with van der Waals surface area (Å²) in [5.74, 6) is 1.29. The Morgan fingerprint density at radius 3 is 2.80 bits per heavy atom. The van der Waals surface area contributed by atoms with Gasteiger partial charge in [-0.3, -0.25) is 0 Å². The minimum Gasteiger partial charge on any atom is -0.366 e. The fourth-order valence-corrected chi connectivity index (χ4v) is 1.79. The van der Waals surface area contributed by atoms with Crippen molar-refractivity contribution in [3.8, 4) is 0 Å². The number of nitrogens with one attached hydrogen (secondary N) is 2. The van der Waals surface area contributed by atoms with E-state index in [1.165, 1.54) is 11.1 Å². The molecule has 2 rings (SSSR count). The molecule has 0 amide bonds. The van der Waals surface area contributed by atoms with Crippen molar-refractivity contribution < 1.29 is 0 Å². The molecule has 0 aliphatic carbocycles. The summed E-state index contributed by atoms with van der Waals surface area (Å²) < 4.78 is 0. The molecule has 0 saturated heterocycles. The zero-order valence-corrected chi connectivity index (χ0v) is 12.2. The highest BCUT2D eigenvalue weighted by Crippen LogP contribution is 2.10. The Balaban J connectivity index is 2.00. The van der Waals surface area contributed by atoms with E-state index in [-0.39, 0.29) is 0 Å². The normalized spacial score (nSPS) is 11.9. The average molecular weight is 271 g/mol. The first kappa shape index (κ1) is 14.2. The number of hydrogen-bond acceptors (Lipinski definition) is 5. The van der Waals surface area contributed by atoms with Crippen LogP contribution in [0.3, 0.4) is 0 Å². The Labute approximate surface area is 119 Å². The van der Waals surface area contributed by atoms with Crippen LogP contribution in [0.25, 0.3) is 0 Å². The van der Waals surface area contributed by atoms with Crippen LogP contribution in [-0.4, -0.2) is 21.2 Å². The zero-order valence-electron chi connectivity index (χ0n) is 12.2. The first-order valence-corrected chi connectivity index (χ1v) is 6.93. The van der Waals surface area contributed by atoms with Crippen LogP contribution in [0.2, 0.25) is 0 Å². The first-order chi connectivity index (χ1) is 9.69. The Morgan fingerprint density at radius 1 is 1.25 bits per heavy atom. The largest absolute Gasteiger partial charge is 0.366 e. The third kappa shape index (κ3) is 3.91. The van der Waals surface area contributed by atoms with E-state index in [2.05, 4.69) is 58.7 Å². The van der Waals surface area contributed by atoms with Gasteiger partial charge in [0.1, 0.15) is 0 Å². The number of aryl methyl sites for hydroxylation is 1. The smallest absolute Gasteiger partial charge is 0.244 e. The van der Waals surface area contributed by atoms with Crippen molar-refractivity contribution in [2.45, 2.75) is 39.8 Å². The molecule has 5 heteroatoms. The molecule has 0 bridgehead atoms. The summed E-state index contributed by atoms with van der Waals surface area (Å²) in [4.78, 5) is 4.41. The molecule has 2 aromatic rings. The van der Waals surface area contributed by atoms with Gasteiger partial charge in [0.25, 0.3) is 0 Å². The standard InChI is InChI=1S/C15H21N5/c1-4-12(3)18-14-10-17-20-15(19-14)16-9-13-8-6-5-7-11(13)2/h5-8,10,12H,4,9H2,1-3H3,(H2,16,18,19,20). The van der Waals surface area contributed by atoms with Gasteiger partial charge in [-0.2, -0.15) is 10.1 Å². The lowest BCUT2D eigenvalue weighted by atomic mass is 10.1. The van der Waals surface area contributed by atoms with E-state index in [0.29, 0.717) is 18.5 Å². The molecule has 1 aromatic heterocycles. The summed E-state index contributed by atoms with van der Waals surface area (Å²) >= 11 is 0. The molecular weight excluding hydrogens is 250 g/mol. The average Bonchev–Trinajstić information content (AvgIpc) is 2.47. The lowest BCUT2D eigenvalue weighted by Crippen LogP contribution is -2.16. The van der Waals surface area contributed by atoms with Crippen LogP contribution in [0.4, 0.5) is 11.8 Å². The Hall–Kier alpha value is -2.17. The monoisotopic (exact) mass is 271 g/mol. The van der Waals surface area contributed by atoms with Crippen molar-refractivity contribution in [3.63, 3.8) is 0 Å². The quantitative estimate of drug-likeness (QED) is 0.845. The second-order valence-electron chi connectivity index (χ2n) is 4.90. The van der Waals surface area contributed by atoms with Crippen LogP contribution in [0, 0.1) is 6.92 Å². The fourth-order valence-electron chi connectivity index (χ4n) is 1.79. The van der Waals surface area contributed by atoms with E-state index in [1.54, 1.807) is 6.20 Å². The Morgan fingerprint density at radius 2 is 2.05 bits per heavy atom. The number of anilines is 2. The molecule has 1 heterocycles. The highest BCUT2D eigenvalue weighted by atomic mass is 15.3. The van der Waals surface area contributed by atoms with Crippen LogP contribution in [0.5, 0.6) is 0 Å². The molecule has 20 heavy (non-hydrogen) atoms. The number of benzene rings is 1. The molecule has 0 aliphatic rings. The highest BCUT2D eigenvalue weighted by Gasteiger charge is 2.04. The maximum atomic E-state index is 4.41. The number of rotatable bonds is 6. The van der Waals surface area contributed by atoms with Crippen molar-refractivity contribution in [2.75, 3.05) is 10.6 Å². The van der Waals surface area contributed by atoms with Crippen LogP contribution < -0.4 is 10.6 Å². The summed E-state index contributed by atoms with van der Waals surface area (Å²) in [7, 11) is 0. The number of nitrogens with zero attached hydrogens (tertiary/aromatic N) is 3. The van der Waals surface area contributed by atoms with Crippen LogP contribution in [0.15, 0.2) is 30.5 Å². The molecular formula is C15H21N5. The summed E-state index contributed by atoms with van der Waals surface area (Å²) in [5.41, 5.74) is 2.48. The van der Waals surface area contributed by atoms with E-state index in [1.807, 2.05) is 12.1 Å². The molecule has 0 fully saturated rings. The second-order valence-corrected chi connectivity index (χ2v) is 4.90. The first-order valence-electron chi connectivity index (χ1n) is 6.93. The number of hydrogen-bond donors (Lipinski definition) is 2. The fraction of sp³-hybridized carbons (Fsp3) is 0.400. The van der Waals surface area contributed by atoms with Gasteiger partial charge < -0.3 is 10.6 Å². The molecule has 1 unspecified atom stereocenters. The molecule has 0 saturated carbocycles. The van der Waals surface area contributed by atoms with Crippen LogP contribution >= 0.6 is 0 Å². The topological polar surface area (TPSA) is 62.7 Å². The molecule has 2 N–H and O–H groups in total. The van der Waals surface area contributed by atoms with E-state index in [9.17, 15) is 0 Å². The van der Waals surface area contributed by atoms with Crippen molar-refractivity contribution in [3.05, 3.63) is 41.6 Å². The van der Waals surface area contributed by atoms with E-state index in [4.69, 9.17) is 0 Å². The summed E-state index contributed by atoms with van der Waals surface area (Å²) in [5, 5.41) is 14.5. The van der Waals surface area contributed by atoms with Crippen molar-refractivity contribution >= 4 is 11.8 Å². The van der Waals surface area contributed by atoms with E-state index >= 15 is 0 Å². The lowest BCUT2D eigenvalue weighted by molar-refractivity contribution is 0.755. The van der Waals surface area contributed by atoms with Gasteiger partial charge in [0, 0.05) is 12.6 Å². The molecule has 0 radical (unpaired) electrons. The molecule has 5 nitrogen and oxygen atoms in total. The van der Waals surface area contributed by atoms with Crippen LogP contribution in [-0.2, 0) is 6.54 Å². The van der Waals surface area contributed by atoms with Gasteiger partial charge in [-0.1, -0.05) is 31.2 Å². The number of aromatic nitrogens is 3. The SMILES string of the molecule is CCC(C)Nc1cnnc(NCc2ccccc2C)n1. The third-order valence-electron chi connectivity index (χ3n) is 3.26. The minimum atomic E-state index is 0.371. The predicted molar refractivity (Wildman–Crippen MR) is 81.7 cm³/mol. The summed E-state index contributed by atoms with van der Waals surface area (Å²) in [6, 6.07) is 8.63. The van der Waals surface area contributed by atoms with E-state index < -0.39 is 0 Å². The van der Waals surface area contributed by atoms with E-state index in [0.717, 1.165) is 12.2 Å². The van der Waals surface area contributed by atoms with Gasteiger partial charge in [0.15, 0.2) is 5.82 Å². The second kappa shape index (κ2) is 6.84. The van der Waals surface area contributed by atoms with Gasteiger partial charge in [-0.15, -0.1) is 5.10 Å². The lowest BCUT2D eigenvalue weighted by Gasteiger charge is -2.12. The molecule has 0 spiro atoms. The summed E-state index contributed by atoms with van der Waals surface area (Å²) in [6.07, 6.45) is 2.68. The molecule has 1 aromatic carbocycles. The Bertz CT molecular complexity index is 555. The highest BCUT2D eigenvalue weighted by molar-refractivity contribution is 5.38. The van der Waals surface area contributed by atoms with Gasteiger partial charge in [0.2, 0.25) is 5.95 Å². The summed E-state index contributed by atoms with van der Waals surface area (Å²) in [6.45, 7) is 7.03. The van der Waals surface area contributed by atoms with Crippen LogP contribution in [0.1, 0.15) is 31.4 Å². The van der Waals surface area contributed by atoms with Gasteiger partial charge in [-0.25, -0.2) is 0 Å². The van der Waals surface area contributed by atoms with Gasteiger partial charge >= 0.3 is 0 Å². The molecule has 1 atom stereocenters. The molecule has 106 valence electrons. The maximum Gasteiger partial charge on any atom is 0.244 e. The van der Waals surface area contributed by atoms with Crippen molar-refractivity contribution in [1.29, 1.82) is 0 Å². The maximum absolute atomic E-state index is 4.41. The van der Waals surface area contributed by atoms with Crippen molar-refractivity contribution in [2.24, 2.45) is 0 Å². The van der Waals surface area contributed by atoms with Gasteiger partial charge in [0.05, 0.1) is 6.20 Å². The third-order valence-corrected chi connectivity index (χ3v) is 3.26. The predicted octanol–water partition coefficient (Wildman–Crippen LogP) is 3.00.